The molecule has 2 aromatic rings. The Morgan fingerprint density at radius 3 is 2.30 bits per heavy atom. The minimum atomic E-state index is -0.397. The molecule has 1 unspecified atom stereocenters. The average molecular weight is 268 g/mol. The van der Waals surface area contributed by atoms with Gasteiger partial charge in [-0.25, -0.2) is 0 Å². The van der Waals surface area contributed by atoms with E-state index < -0.39 is 5.91 Å². The lowest BCUT2D eigenvalue weighted by Gasteiger charge is -2.18. The molecule has 0 radical (unpaired) electrons. The highest BCUT2D eigenvalue weighted by Crippen LogP contribution is 2.23. The first kappa shape index (κ1) is 14.1. The summed E-state index contributed by atoms with van der Waals surface area (Å²) in [7, 11) is 0. The first-order valence-corrected chi connectivity index (χ1v) is 6.71. The highest BCUT2D eigenvalue weighted by atomic mass is 16.1. The van der Waals surface area contributed by atoms with Gasteiger partial charge in [0.25, 0.3) is 0 Å². The van der Waals surface area contributed by atoms with E-state index in [2.05, 4.69) is 43.4 Å². The second-order valence-corrected chi connectivity index (χ2v) is 5.17. The van der Waals surface area contributed by atoms with Crippen molar-refractivity contribution >= 4 is 11.6 Å². The first-order chi connectivity index (χ1) is 9.47. The highest BCUT2D eigenvalue weighted by Gasteiger charge is 2.08. The Balaban J connectivity index is 2.17. The van der Waals surface area contributed by atoms with Crippen molar-refractivity contribution in [2.75, 3.05) is 5.32 Å². The van der Waals surface area contributed by atoms with Crippen LogP contribution in [0, 0.1) is 13.8 Å². The van der Waals surface area contributed by atoms with E-state index in [0.717, 1.165) is 11.3 Å². The van der Waals surface area contributed by atoms with E-state index in [4.69, 9.17) is 5.73 Å². The molecule has 0 fully saturated rings. The Labute approximate surface area is 119 Å². The molecule has 20 heavy (non-hydrogen) atoms. The fourth-order valence-corrected chi connectivity index (χ4v) is 2.15. The smallest absolute Gasteiger partial charge is 0.248 e. The molecule has 0 saturated carbocycles. The molecule has 0 bridgehead atoms. The third kappa shape index (κ3) is 3.18. The van der Waals surface area contributed by atoms with E-state index in [-0.39, 0.29) is 6.04 Å². The Morgan fingerprint density at radius 1 is 1.10 bits per heavy atom. The van der Waals surface area contributed by atoms with Gasteiger partial charge in [0.05, 0.1) is 0 Å². The lowest BCUT2D eigenvalue weighted by atomic mass is 10.0. The molecule has 0 aromatic heterocycles. The summed E-state index contributed by atoms with van der Waals surface area (Å²) in [6.45, 7) is 6.16. The maximum absolute atomic E-state index is 11.1. The van der Waals surface area contributed by atoms with Crippen LogP contribution in [0.5, 0.6) is 0 Å². The quantitative estimate of drug-likeness (QED) is 0.890. The van der Waals surface area contributed by atoms with Gasteiger partial charge in [0.1, 0.15) is 0 Å². The van der Waals surface area contributed by atoms with Gasteiger partial charge >= 0.3 is 0 Å². The summed E-state index contributed by atoms with van der Waals surface area (Å²) in [5, 5.41) is 3.46. The number of anilines is 1. The first-order valence-electron chi connectivity index (χ1n) is 6.71. The van der Waals surface area contributed by atoms with Gasteiger partial charge in [-0.1, -0.05) is 29.8 Å². The lowest BCUT2D eigenvalue weighted by Crippen LogP contribution is -2.12. The van der Waals surface area contributed by atoms with Gasteiger partial charge < -0.3 is 11.1 Å². The summed E-state index contributed by atoms with van der Waals surface area (Å²) >= 11 is 0. The highest BCUT2D eigenvalue weighted by molar-refractivity contribution is 5.93. The summed E-state index contributed by atoms with van der Waals surface area (Å²) in [5.41, 5.74) is 10.3. The summed E-state index contributed by atoms with van der Waals surface area (Å²) < 4.78 is 0. The van der Waals surface area contributed by atoms with Gasteiger partial charge in [-0.3, -0.25) is 4.79 Å². The Bertz CT molecular complexity index is 617. The number of carbonyl (C=O) groups excluding carboxylic acids is 1. The van der Waals surface area contributed by atoms with Crippen molar-refractivity contribution < 1.29 is 4.79 Å². The van der Waals surface area contributed by atoms with E-state index in [1.807, 2.05) is 19.1 Å². The third-order valence-corrected chi connectivity index (χ3v) is 3.46. The van der Waals surface area contributed by atoms with Gasteiger partial charge in [-0.15, -0.1) is 0 Å². The SMILES string of the molecule is Cc1ccc(C(C)Nc2ccc(C(N)=O)cc2C)cc1. The van der Waals surface area contributed by atoms with Crippen LogP contribution < -0.4 is 11.1 Å². The zero-order valence-corrected chi connectivity index (χ0v) is 12.1. The van der Waals surface area contributed by atoms with Crippen LogP contribution in [0.15, 0.2) is 42.5 Å². The number of hydrogen-bond donors (Lipinski definition) is 2. The number of amides is 1. The molecule has 0 saturated heterocycles. The summed E-state index contributed by atoms with van der Waals surface area (Å²) in [6.07, 6.45) is 0. The van der Waals surface area contributed by atoms with Crippen LogP contribution in [-0.4, -0.2) is 5.91 Å². The molecule has 104 valence electrons. The number of nitrogens with one attached hydrogen (secondary N) is 1. The van der Waals surface area contributed by atoms with Crippen LogP contribution in [0.4, 0.5) is 5.69 Å². The van der Waals surface area contributed by atoms with Crippen LogP contribution >= 0.6 is 0 Å². The standard InChI is InChI=1S/C17H20N2O/c1-11-4-6-14(7-5-11)13(3)19-16-9-8-15(17(18)20)10-12(16)2/h4-10,13,19H,1-3H3,(H2,18,20). The molecule has 1 atom stereocenters. The van der Waals surface area contributed by atoms with Gasteiger partial charge in [0, 0.05) is 17.3 Å². The monoisotopic (exact) mass is 268 g/mol. The average Bonchev–Trinajstić information content (AvgIpc) is 2.41. The van der Waals surface area contributed by atoms with Crippen molar-refractivity contribution in [3.8, 4) is 0 Å². The van der Waals surface area contributed by atoms with Crippen molar-refractivity contribution in [3.05, 3.63) is 64.7 Å². The van der Waals surface area contributed by atoms with Crippen molar-refractivity contribution in [2.24, 2.45) is 5.73 Å². The molecule has 0 aliphatic heterocycles. The Kier molecular flexibility index (Phi) is 4.08. The molecule has 0 aliphatic rings. The summed E-state index contributed by atoms with van der Waals surface area (Å²) in [5.74, 6) is -0.397. The van der Waals surface area contributed by atoms with Crippen LogP contribution in [0.2, 0.25) is 0 Å². The van der Waals surface area contributed by atoms with Crippen molar-refractivity contribution in [1.82, 2.24) is 0 Å². The minimum absolute atomic E-state index is 0.203. The molecule has 3 heteroatoms. The Morgan fingerprint density at radius 2 is 1.75 bits per heavy atom. The fraction of sp³-hybridized carbons (Fsp3) is 0.235. The fourth-order valence-electron chi connectivity index (χ4n) is 2.15. The topological polar surface area (TPSA) is 55.1 Å². The third-order valence-electron chi connectivity index (χ3n) is 3.46. The second-order valence-electron chi connectivity index (χ2n) is 5.17. The van der Waals surface area contributed by atoms with Crippen LogP contribution in [0.3, 0.4) is 0 Å². The van der Waals surface area contributed by atoms with Crippen molar-refractivity contribution in [2.45, 2.75) is 26.8 Å². The number of primary amides is 1. The molecule has 0 heterocycles. The molecule has 2 aromatic carbocycles. The van der Waals surface area contributed by atoms with Crippen molar-refractivity contribution in [1.29, 1.82) is 0 Å². The maximum Gasteiger partial charge on any atom is 0.248 e. The van der Waals surface area contributed by atoms with Gasteiger partial charge in [0.2, 0.25) is 5.91 Å². The van der Waals surface area contributed by atoms with Crippen LogP contribution in [-0.2, 0) is 0 Å². The van der Waals surface area contributed by atoms with Gasteiger partial charge in [0.15, 0.2) is 0 Å². The Hall–Kier alpha value is -2.29. The zero-order valence-electron chi connectivity index (χ0n) is 12.1. The molecule has 3 nitrogen and oxygen atoms in total. The number of rotatable bonds is 4. The number of benzene rings is 2. The molecule has 1 amide bonds. The summed E-state index contributed by atoms with van der Waals surface area (Å²) in [4.78, 5) is 11.1. The lowest BCUT2D eigenvalue weighted by molar-refractivity contribution is 0.1000. The molecule has 3 N–H and O–H groups in total. The second kappa shape index (κ2) is 5.78. The minimum Gasteiger partial charge on any atom is -0.378 e. The molecular formula is C17H20N2O. The molecule has 0 aliphatic carbocycles. The molecular weight excluding hydrogens is 248 g/mol. The van der Waals surface area contributed by atoms with Gasteiger partial charge in [-0.2, -0.15) is 0 Å². The predicted octanol–water partition coefficient (Wildman–Crippen LogP) is 3.58. The van der Waals surface area contributed by atoms with Crippen LogP contribution in [0.1, 0.15) is 40.0 Å². The van der Waals surface area contributed by atoms with Crippen molar-refractivity contribution in [3.63, 3.8) is 0 Å². The van der Waals surface area contributed by atoms with E-state index in [9.17, 15) is 4.79 Å². The predicted molar refractivity (Wildman–Crippen MR) is 82.9 cm³/mol. The van der Waals surface area contributed by atoms with E-state index in [1.165, 1.54) is 11.1 Å². The maximum atomic E-state index is 11.1. The van der Waals surface area contributed by atoms with Gasteiger partial charge in [-0.05, 0) is 50.1 Å². The molecule has 0 spiro atoms. The van der Waals surface area contributed by atoms with E-state index in [1.54, 1.807) is 6.07 Å². The number of carbonyl (C=O) groups is 1. The number of nitrogens with two attached hydrogens (primary N) is 1. The number of aryl methyl sites for hydroxylation is 2. The molecule has 2 rings (SSSR count). The van der Waals surface area contributed by atoms with E-state index >= 15 is 0 Å². The number of hydrogen-bond acceptors (Lipinski definition) is 2. The van der Waals surface area contributed by atoms with E-state index in [0.29, 0.717) is 5.56 Å². The summed E-state index contributed by atoms with van der Waals surface area (Å²) in [6, 6.07) is 14.1. The zero-order chi connectivity index (χ0) is 14.7. The van der Waals surface area contributed by atoms with Crippen LogP contribution in [0.25, 0.3) is 0 Å². The largest absolute Gasteiger partial charge is 0.378 e. The normalized spacial score (nSPS) is 11.9.